The zero-order chi connectivity index (χ0) is 23.8. The summed E-state index contributed by atoms with van der Waals surface area (Å²) in [4.78, 5) is 21.6. The Labute approximate surface area is 190 Å². The minimum atomic E-state index is -0.902. The average molecular weight is 447 g/mol. The summed E-state index contributed by atoms with van der Waals surface area (Å²) in [6.07, 6.45) is 3.69. The summed E-state index contributed by atoms with van der Waals surface area (Å²) in [5, 5.41) is 12.5. The van der Waals surface area contributed by atoms with Crippen LogP contribution in [0.15, 0.2) is 24.5 Å². The second kappa shape index (κ2) is 11.6. The molecule has 8 heteroatoms. The first kappa shape index (κ1) is 25.4. The summed E-state index contributed by atoms with van der Waals surface area (Å²) < 4.78 is 20.7. The van der Waals surface area contributed by atoms with Gasteiger partial charge in [0.25, 0.3) is 0 Å². The summed E-state index contributed by atoms with van der Waals surface area (Å²) in [6.45, 7) is 11.7. The summed E-state index contributed by atoms with van der Waals surface area (Å²) in [5.41, 5.74) is 2.28. The predicted octanol–water partition coefficient (Wildman–Crippen LogP) is 5.45. The van der Waals surface area contributed by atoms with E-state index in [0.717, 1.165) is 0 Å². The molecule has 0 saturated carbocycles. The number of aromatic nitrogens is 2. The number of carboxylic acids is 1. The first-order valence-electron chi connectivity index (χ1n) is 11.1. The van der Waals surface area contributed by atoms with Gasteiger partial charge in [-0.3, -0.25) is 4.79 Å². The third-order valence-corrected chi connectivity index (χ3v) is 5.05. The topological polar surface area (TPSA) is 87.6 Å². The van der Waals surface area contributed by atoms with Gasteiger partial charge < -0.3 is 20.1 Å². The van der Waals surface area contributed by atoms with Gasteiger partial charge in [0.1, 0.15) is 5.82 Å². The first-order valence-corrected chi connectivity index (χ1v) is 11.1. The maximum absolute atomic E-state index is 15.6. The van der Waals surface area contributed by atoms with Crippen LogP contribution in [0.1, 0.15) is 58.9 Å². The van der Waals surface area contributed by atoms with E-state index < -0.39 is 5.97 Å². The Morgan fingerprint density at radius 2 is 1.75 bits per heavy atom. The highest BCUT2D eigenvalue weighted by Crippen LogP contribution is 2.37. The molecule has 0 radical (unpaired) electrons. The SMILES string of the molecule is CCC(CC(=O)O)c1cc(F)c(N(CC(C)C)CC(C)C)c(Nc2cnc(OC)nc2)c1. The Morgan fingerprint density at radius 3 is 2.22 bits per heavy atom. The van der Waals surface area contributed by atoms with Gasteiger partial charge >= 0.3 is 12.0 Å². The lowest BCUT2D eigenvalue weighted by atomic mass is 9.92. The van der Waals surface area contributed by atoms with Crippen molar-refractivity contribution < 1.29 is 19.0 Å². The Hall–Kier alpha value is -2.90. The zero-order valence-corrected chi connectivity index (χ0v) is 19.9. The van der Waals surface area contributed by atoms with Gasteiger partial charge in [0.2, 0.25) is 0 Å². The monoisotopic (exact) mass is 446 g/mol. The first-order chi connectivity index (χ1) is 15.1. The molecule has 7 nitrogen and oxygen atoms in total. The van der Waals surface area contributed by atoms with Crippen molar-refractivity contribution in [2.45, 2.75) is 53.4 Å². The summed E-state index contributed by atoms with van der Waals surface area (Å²) in [5.74, 6) is -0.890. The van der Waals surface area contributed by atoms with E-state index in [0.29, 0.717) is 54.0 Å². The minimum absolute atomic E-state index is 0.0535. The van der Waals surface area contributed by atoms with Crippen LogP contribution in [0.2, 0.25) is 0 Å². The second-order valence-electron chi connectivity index (χ2n) is 8.88. The lowest BCUT2D eigenvalue weighted by Gasteiger charge is -2.31. The molecule has 0 spiro atoms. The van der Waals surface area contributed by atoms with Crippen LogP contribution in [-0.2, 0) is 4.79 Å². The number of rotatable bonds is 12. The van der Waals surface area contributed by atoms with Crippen molar-refractivity contribution in [1.82, 2.24) is 9.97 Å². The second-order valence-corrected chi connectivity index (χ2v) is 8.88. The van der Waals surface area contributed by atoms with E-state index in [4.69, 9.17) is 4.74 Å². The molecule has 2 rings (SSSR count). The van der Waals surface area contributed by atoms with Crippen LogP contribution in [0.5, 0.6) is 6.01 Å². The molecule has 0 saturated heterocycles. The highest BCUT2D eigenvalue weighted by Gasteiger charge is 2.23. The number of hydrogen-bond donors (Lipinski definition) is 2. The molecule has 1 heterocycles. The molecule has 1 unspecified atom stereocenters. The molecular weight excluding hydrogens is 411 g/mol. The Balaban J connectivity index is 2.59. The number of methoxy groups -OCH3 is 1. The van der Waals surface area contributed by atoms with Gasteiger partial charge in [-0.25, -0.2) is 14.4 Å². The number of hydrogen-bond acceptors (Lipinski definition) is 6. The third-order valence-electron chi connectivity index (χ3n) is 5.05. The van der Waals surface area contributed by atoms with Crippen LogP contribution in [0.3, 0.4) is 0 Å². The number of carbonyl (C=O) groups is 1. The smallest absolute Gasteiger partial charge is 0.316 e. The number of carboxylic acid groups (broad SMARTS) is 1. The van der Waals surface area contributed by atoms with E-state index in [1.54, 1.807) is 12.4 Å². The lowest BCUT2D eigenvalue weighted by Crippen LogP contribution is -2.32. The normalized spacial score (nSPS) is 12.2. The number of ether oxygens (including phenoxy) is 1. The summed E-state index contributed by atoms with van der Waals surface area (Å²) in [6, 6.07) is 3.58. The molecule has 0 amide bonds. The molecule has 176 valence electrons. The van der Waals surface area contributed by atoms with Gasteiger partial charge in [-0.05, 0) is 41.9 Å². The minimum Gasteiger partial charge on any atom is -0.481 e. The third kappa shape index (κ3) is 7.07. The number of aliphatic carboxylic acids is 1. The molecule has 0 aliphatic rings. The summed E-state index contributed by atoms with van der Waals surface area (Å²) >= 11 is 0. The lowest BCUT2D eigenvalue weighted by molar-refractivity contribution is -0.137. The highest BCUT2D eigenvalue weighted by molar-refractivity contribution is 5.77. The van der Waals surface area contributed by atoms with Crippen molar-refractivity contribution in [3.05, 3.63) is 35.9 Å². The average Bonchev–Trinajstić information content (AvgIpc) is 2.71. The standard InChI is InChI=1S/C24H35FN4O3/c1-7-17(10-22(30)31)18-8-20(25)23(29(13-15(2)3)14-16(4)5)21(9-18)28-19-11-26-24(32-6)27-12-19/h8-9,11-12,15-17,28H,7,10,13-14H2,1-6H3,(H,30,31). The van der Waals surface area contributed by atoms with Crippen molar-refractivity contribution in [2.75, 3.05) is 30.4 Å². The Kier molecular flexibility index (Phi) is 9.23. The Morgan fingerprint density at radius 1 is 1.16 bits per heavy atom. The number of nitrogens with zero attached hydrogens (tertiary/aromatic N) is 3. The fourth-order valence-electron chi connectivity index (χ4n) is 3.76. The van der Waals surface area contributed by atoms with E-state index >= 15 is 4.39 Å². The molecule has 0 aliphatic heterocycles. The van der Waals surface area contributed by atoms with E-state index in [1.807, 2.05) is 13.0 Å². The van der Waals surface area contributed by atoms with Crippen LogP contribution < -0.4 is 15.0 Å². The van der Waals surface area contributed by atoms with Crippen LogP contribution in [-0.4, -0.2) is 41.2 Å². The maximum atomic E-state index is 15.6. The zero-order valence-electron chi connectivity index (χ0n) is 19.9. The highest BCUT2D eigenvalue weighted by atomic mass is 19.1. The molecule has 2 aromatic rings. The quantitative estimate of drug-likeness (QED) is 0.448. The van der Waals surface area contributed by atoms with Crippen LogP contribution in [0.4, 0.5) is 21.5 Å². The number of nitrogens with one attached hydrogen (secondary N) is 1. The van der Waals surface area contributed by atoms with Gasteiger partial charge in [0, 0.05) is 13.1 Å². The molecule has 1 atom stereocenters. The number of anilines is 3. The molecule has 1 aromatic carbocycles. The number of benzene rings is 1. The van der Waals surface area contributed by atoms with Crippen molar-refractivity contribution in [1.29, 1.82) is 0 Å². The maximum Gasteiger partial charge on any atom is 0.316 e. The van der Waals surface area contributed by atoms with Gasteiger partial charge in [0.15, 0.2) is 0 Å². The molecular formula is C24H35FN4O3. The van der Waals surface area contributed by atoms with Crippen LogP contribution in [0, 0.1) is 17.7 Å². The van der Waals surface area contributed by atoms with E-state index in [9.17, 15) is 9.90 Å². The van der Waals surface area contributed by atoms with Gasteiger partial charge in [-0.2, -0.15) is 0 Å². The Bertz CT molecular complexity index is 878. The van der Waals surface area contributed by atoms with E-state index in [1.165, 1.54) is 13.2 Å². The van der Waals surface area contributed by atoms with Gasteiger partial charge in [0.05, 0.1) is 43.0 Å². The fourth-order valence-corrected chi connectivity index (χ4v) is 3.76. The van der Waals surface area contributed by atoms with Crippen LogP contribution >= 0.6 is 0 Å². The largest absolute Gasteiger partial charge is 0.481 e. The predicted molar refractivity (Wildman–Crippen MR) is 125 cm³/mol. The van der Waals surface area contributed by atoms with Crippen LogP contribution in [0.25, 0.3) is 0 Å². The molecule has 0 aliphatic carbocycles. The van der Waals surface area contributed by atoms with E-state index in [2.05, 4.69) is 47.9 Å². The molecule has 2 N–H and O–H groups in total. The van der Waals surface area contributed by atoms with Gasteiger partial charge in [-0.15, -0.1) is 0 Å². The molecule has 32 heavy (non-hydrogen) atoms. The number of halogens is 1. The van der Waals surface area contributed by atoms with Gasteiger partial charge in [-0.1, -0.05) is 34.6 Å². The van der Waals surface area contributed by atoms with E-state index in [-0.39, 0.29) is 24.2 Å². The van der Waals surface area contributed by atoms with Crippen molar-refractivity contribution >= 4 is 23.0 Å². The van der Waals surface area contributed by atoms with Crippen molar-refractivity contribution in [2.24, 2.45) is 11.8 Å². The molecule has 0 bridgehead atoms. The fraction of sp³-hybridized carbons (Fsp3) is 0.542. The van der Waals surface area contributed by atoms with Crippen molar-refractivity contribution in [3.8, 4) is 6.01 Å². The molecule has 1 aromatic heterocycles. The summed E-state index contributed by atoms with van der Waals surface area (Å²) in [7, 11) is 1.49. The molecule has 0 fully saturated rings. The van der Waals surface area contributed by atoms with Crippen molar-refractivity contribution in [3.63, 3.8) is 0 Å².